The van der Waals surface area contributed by atoms with Crippen LogP contribution in [0, 0.1) is 5.82 Å². The van der Waals surface area contributed by atoms with Gasteiger partial charge in [-0.2, -0.15) is 5.10 Å². The number of carbonyl (C=O) groups is 1. The highest BCUT2D eigenvalue weighted by Gasteiger charge is 2.27. The molecule has 140 valence electrons. The smallest absolute Gasteiger partial charge is 0.246 e. The van der Waals surface area contributed by atoms with Crippen LogP contribution in [0.25, 0.3) is 0 Å². The van der Waals surface area contributed by atoms with E-state index in [1.54, 1.807) is 28.9 Å². The van der Waals surface area contributed by atoms with Crippen molar-refractivity contribution >= 4 is 41.5 Å². The van der Waals surface area contributed by atoms with Crippen molar-refractivity contribution in [2.24, 2.45) is 12.0 Å². The Hall–Kier alpha value is -2.17. The molecule has 0 bridgehead atoms. The molecule has 1 aliphatic rings. The van der Waals surface area contributed by atoms with Crippen LogP contribution in [0.4, 0.5) is 10.1 Å². The molecule has 1 saturated heterocycles. The second kappa shape index (κ2) is 8.97. The first-order valence-electron chi connectivity index (χ1n) is 8.06. The number of amides is 1. The topological polar surface area (TPSA) is 65.8 Å². The Labute approximate surface area is 168 Å². The highest BCUT2D eigenvalue weighted by atomic mass is 127. The van der Waals surface area contributed by atoms with Crippen molar-refractivity contribution in [1.82, 2.24) is 20.0 Å². The number of benzene rings is 1. The van der Waals surface area contributed by atoms with Gasteiger partial charge in [-0.15, -0.1) is 24.0 Å². The number of carbonyl (C=O) groups excluding carboxylic acids is 1. The molecule has 0 aliphatic carbocycles. The molecule has 1 aromatic heterocycles. The molecule has 1 fully saturated rings. The first-order valence-corrected chi connectivity index (χ1v) is 8.06. The second-order valence-corrected chi connectivity index (χ2v) is 5.87. The SMILES string of the molecule is CN=C(NCc1cccc(F)c1)N1CCN(c2cnn(C)c2)C(=O)C1.I. The summed E-state index contributed by atoms with van der Waals surface area (Å²) in [5.74, 6) is 0.353. The van der Waals surface area contributed by atoms with Gasteiger partial charge in [0.25, 0.3) is 0 Å². The monoisotopic (exact) mass is 472 g/mol. The Morgan fingerprint density at radius 1 is 1.38 bits per heavy atom. The zero-order chi connectivity index (χ0) is 17.8. The number of aryl methyl sites for hydroxylation is 1. The van der Waals surface area contributed by atoms with Gasteiger partial charge in [-0.3, -0.25) is 14.5 Å². The minimum Gasteiger partial charge on any atom is -0.352 e. The summed E-state index contributed by atoms with van der Waals surface area (Å²) in [4.78, 5) is 20.3. The van der Waals surface area contributed by atoms with E-state index < -0.39 is 0 Å². The Morgan fingerprint density at radius 2 is 2.19 bits per heavy atom. The van der Waals surface area contributed by atoms with E-state index >= 15 is 0 Å². The number of nitrogens with one attached hydrogen (secondary N) is 1. The number of halogens is 2. The van der Waals surface area contributed by atoms with Gasteiger partial charge in [-0.1, -0.05) is 12.1 Å². The van der Waals surface area contributed by atoms with E-state index in [1.165, 1.54) is 12.1 Å². The molecule has 0 radical (unpaired) electrons. The molecule has 1 aromatic carbocycles. The number of rotatable bonds is 3. The van der Waals surface area contributed by atoms with Crippen LogP contribution in [0.3, 0.4) is 0 Å². The number of hydrogen-bond acceptors (Lipinski definition) is 3. The Morgan fingerprint density at radius 3 is 2.81 bits per heavy atom. The number of hydrogen-bond donors (Lipinski definition) is 1. The summed E-state index contributed by atoms with van der Waals surface area (Å²) >= 11 is 0. The third-order valence-corrected chi connectivity index (χ3v) is 4.07. The fourth-order valence-electron chi connectivity index (χ4n) is 2.83. The van der Waals surface area contributed by atoms with Crippen molar-refractivity contribution in [1.29, 1.82) is 0 Å². The summed E-state index contributed by atoms with van der Waals surface area (Å²) in [6.45, 7) is 1.90. The van der Waals surface area contributed by atoms with Crippen LogP contribution in [-0.2, 0) is 18.4 Å². The van der Waals surface area contributed by atoms with Crippen molar-refractivity contribution in [3.63, 3.8) is 0 Å². The number of nitrogens with zero attached hydrogens (tertiary/aromatic N) is 5. The van der Waals surface area contributed by atoms with Gasteiger partial charge < -0.3 is 15.1 Å². The Balaban J connectivity index is 0.00000243. The van der Waals surface area contributed by atoms with Crippen LogP contribution >= 0.6 is 24.0 Å². The number of aliphatic imine (C=N–C) groups is 1. The molecule has 1 aliphatic heterocycles. The maximum atomic E-state index is 13.3. The minimum absolute atomic E-state index is 0. The summed E-state index contributed by atoms with van der Waals surface area (Å²) in [6.07, 6.45) is 3.51. The molecule has 0 unspecified atom stereocenters. The fraction of sp³-hybridized carbons (Fsp3) is 0.353. The molecule has 26 heavy (non-hydrogen) atoms. The third kappa shape index (κ3) is 4.71. The summed E-state index contributed by atoms with van der Waals surface area (Å²) < 4.78 is 14.9. The van der Waals surface area contributed by atoms with Gasteiger partial charge in [-0.05, 0) is 17.7 Å². The lowest BCUT2D eigenvalue weighted by molar-refractivity contribution is -0.120. The maximum Gasteiger partial charge on any atom is 0.246 e. The fourth-order valence-corrected chi connectivity index (χ4v) is 2.83. The minimum atomic E-state index is -0.269. The quantitative estimate of drug-likeness (QED) is 0.419. The summed E-state index contributed by atoms with van der Waals surface area (Å²) in [5, 5.41) is 7.29. The molecule has 7 nitrogen and oxygen atoms in total. The molecular formula is C17H22FIN6O. The van der Waals surface area contributed by atoms with Crippen LogP contribution < -0.4 is 10.2 Å². The van der Waals surface area contributed by atoms with Crippen LogP contribution in [0.5, 0.6) is 0 Å². The van der Waals surface area contributed by atoms with Crippen molar-refractivity contribution in [2.75, 3.05) is 31.6 Å². The first-order chi connectivity index (χ1) is 12.1. The molecule has 1 N–H and O–H groups in total. The van der Waals surface area contributed by atoms with Crippen molar-refractivity contribution in [3.05, 3.63) is 48.0 Å². The standard InChI is InChI=1S/C17H21FN6O.HI/c1-19-17(20-9-13-4-3-5-14(18)8-13)23-6-7-24(16(25)12-23)15-10-21-22(2)11-15;/h3-5,8,10-11H,6-7,9,12H2,1-2H3,(H,19,20);1H. The van der Waals surface area contributed by atoms with Crippen LogP contribution in [0.15, 0.2) is 41.7 Å². The molecule has 3 rings (SSSR count). The van der Waals surface area contributed by atoms with Crippen LogP contribution in [0.1, 0.15) is 5.56 Å². The average Bonchev–Trinajstić information content (AvgIpc) is 3.02. The maximum absolute atomic E-state index is 13.3. The zero-order valence-electron chi connectivity index (χ0n) is 14.7. The molecular weight excluding hydrogens is 450 g/mol. The van der Waals surface area contributed by atoms with E-state index in [1.807, 2.05) is 24.2 Å². The molecule has 9 heteroatoms. The molecule has 0 spiro atoms. The lowest BCUT2D eigenvalue weighted by Gasteiger charge is -2.35. The van der Waals surface area contributed by atoms with Gasteiger partial charge in [0.15, 0.2) is 5.96 Å². The predicted molar refractivity (Wildman–Crippen MR) is 109 cm³/mol. The summed E-state index contributed by atoms with van der Waals surface area (Å²) in [7, 11) is 3.49. The Bertz CT molecular complexity index is 793. The predicted octanol–water partition coefficient (Wildman–Crippen LogP) is 1.60. The zero-order valence-corrected chi connectivity index (χ0v) is 17.1. The summed E-state index contributed by atoms with van der Waals surface area (Å²) in [6, 6.07) is 6.40. The van der Waals surface area contributed by atoms with Gasteiger partial charge >= 0.3 is 0 Å². The van der Waals surface area contributed by atoms with Crippen LogP contribution in [-0.4, -0.2) is 53.2 Å². The van der Waals surface area contributed by atoms with E-state index in [2.05, 4.69) is 15.4 Å². The van der Waals surface area contributed by atoms with Gasteiger partial charge in [0.2, 0.25) is 5.91 Å². The van der Waals surface area contributed by atoms with E-state index in [-0.39, 0.29) is 42.2 Å². The Kier molecular flexibility index (Phi) is 6.95. The highest BCUT2D eigenvalue weighted by Crippen LogP contribution is 2.16. The molecule has 1 amide bonds. The van der Waals surface area contributed by atoms with E-state index in [0.717, 1.165) is 11.3 Å². The second-order valence-electron chi connectivity index (χ2n) is 5.87. The first kappa shape index (κ1) is 20.1. The van der Waals surface area contributed by atoms with Crippen molar-refractivity contribution < 1.29 is 9.18 Å². The lowest BCUT2D eigenvalue weighted by Crippen LogP contribution is -2.55. The van der Waals surface area contributed by atoms with E-state index in [4.69, 9.17) is 0 Å². The molecule has 2 aromatic rings. The average molecular weight is 472 g/mol. The highest BCUT2D eigenvalue weighted by molar-refractivity contribution is 14.0. The lowest BCUT2D eigenvalue weighted by atomic mass is 10.2. The van der Waals surface area contributed by atoms with Crippen molar-refractivity contribution in [3.8, 4) is 0 Å². The van der Waals surface area contributed by atoms with Gasteiger partial charge in [-0.25, -0.2) is 4.39 Å². The van der Waals surface area contributed by atoms with E-state index in [9.17, 15) is 9.18 Å². The van der Waals surface area contributed by atoms with Crippen LogP contribution in [0.2, 0.25) is 0 Å². The molecule has 2 heterocycles. The van der Waals surface area contributed by atoms with E-state index in [0.29, 0.717) is 25.6 Å². The van der Waals surface area contributed by atoms with Gasteiger partial charge in [0.1, 0.15) is 12.4 Å². The van der Waals surface area contributed by atoms with Gasteiger partial charge in [0.05, 0.1) is 11.9 Å². The van der Waals surface area contributed by atoms with Gasteiger partial charge in [0, 0.05) is 39.9 Å². The number of anilines is 1. The number of guanidine groups is 1. The normalized spacial score (nSPS) is 15.0. The van der Waals surface area contributed by atoms with Crippen molar-refractivity contribution in [2.45, 2.75) is 6.54 Å². The molecule has 0 saturated carbocycles. The number of aromatic nitrogens is 2. The third-order valence-electron chi connectivity index (χ3n) is 4.07. The number of piperazine rings is 1. The molecule has 0 atom stereocenters. The summed E-state index contributed by atoms with van der Waals surface area (Å²) in [5.41, 5.74) is 1.62. The largest absolute Gasteiger partial charge is 0.352 e.